The van der Waals surface area contributed by atoms with Crippen LogP contribution in [0.25, 0.3) is 0 Å². The Morgan fingerprint density at radius 2 is 1.25 bits per heavy atom. The molecule has 0 aliphatic carbocycles. The summed E-state index contributed by atoms with van der Waals surface area (Å²) >= 11 is 2.21. The van der Waals surface area contributed by atoms with Crippen molar-refractivity contribution in [2.24, 2.45) is 0 Å². The van der Waals surface area contributed by atoms with Crippen LogP contribution < -0.4 is 0 Å². The van der Waals surface area contributed by atoms with Crippen LogP contribution in [0.5, 0.6) is 0 Å². The van der Waals surface area contributed by atoms with Gasteiger partial charge in [-0.25, -0.2) is 0 Å². The normalized spacial score (nSPS) is 1.00. The van der Waals surface area contributed by atoms with Crippen molar-refractivity contribution in [3.05, 3.63) is 0 Å². The van der Waals surface area contributed by atoms with Gasteiger partial charge in [-0.3, -0.25) is 0 Å². The minimum Gasteiger partial charge on any atom is 0 e. The molecule has 0 fully saturated rings. The van der Waals surface area contributed by atoms with Crippen LogP contribution in [0.3, 0.4) is 0 Å². The van der Waals surface area contributed by atoms with Crippen molar-refractivity contribution >= 4 is 48.8 Å². The standard InChI is InChI=1S/SSe.Sn.Zn/c1-2;;. The fourth-order valence-corrected chi connectivity index (χ4v) is 0. The van der Waals surface area contributed by atoms with E-state index in [4.69, 9.17) is 0 Å². The van der Waals surface area contributed by atoms with Crippen molar-refractivity contribution < 1.29 is 19.5 Å². The molecule has 0 amide bonds. The summed E-state index contributed by atoms with van der Waals surface area (Å²) in [7, 11) is 3.96. The molecule has 0 heterocycles. The van der Waals surface area contributed by atoms with Gasteiger partial charge in [0.25, 0.3) is 0 Å². The van der Waals surface area contributed by atoms with Crippen LogP contribution in [0, 0.1) is 0 Å². The minimum atomic E-state index is 0. The van der Waals surface area contributed by atoms with Crippen LogP contribution >= 0.6 is 10.6 Å². The number of rotatable bonds is 0. The monoisotopic (exact) mass is 296 g/mol. The van der Waals surface area contributed by atoms with Crippen LogP contribution in [0.2, 0.25) is 0 Å². The molecule has 0 aromatic carbocycles. The Morgan fingerprint density at radius 1 is 1.25 bits per heavy atom. The zero-order chi connectivity index (χ0) is 2.00. The van der Waals surface area contributed by atoms with Gasteiger partial charge < -0.3 is 0 Å². The van der Waals surface area contributed by atoms with Gasteiger partial charge in [-0.05, 0) is 0 Å². The fraction of sp³-hybridized carbons (Fsp3) is 0. The van der Waals surface area contributed by atoms with Gasteiger partial charge in [0.05, 0.1) is 0 Å². The van der Waals surface area contributed by atoms with E-state index in [0.717, 1.165) is 0 Å². The molecule has 0 aliphatic rings. The molecule has 0 atom stereocenters. The predicted octanol–water partition coefficient (Wildman–Crippen LogP) is -0.116. The maximum atomic E-state index is 3.96. The van der Waals surface area contributed by atoms with Gasteiger partial charge in [0, 0.05) is 43.4 Å². The molecular formula is SSeSnZn. The van der Waals surface area contributed by atoms with Gasteiger partial charge in [-0.1, -0.05) is 0 Å². The summed E-state index contributed by atoms with van der Waals surface area (Å²) in [6, 6.07) is 0. The van der Waals surface area contributed by atoms with Gasteiger partial charge in [-0.2, -0.15) is 0 Å². The number of hydrogen-bond acceptors (Lipinski definition) is 1. The van der Waals surface area contributed by atoms with E-state index in [1.807, 2.05) is 0 Å². The van der Waals surface area contributed by atoms with E-state index in [2.05, 4.69) is 24.9 Å². The van der Waals surface area contributed by atoms with Crippen LogP contribution in [-0.2, 0) is 19.5 Å². The Hall–Kier alpha value is 2.16. The molecule has 4 heteroatoms. The summed E-state index contributed by atoms with van der Waals surface area (Å²) in [5.41, 5.74) is 0. The summed E-state index contributed by atoms with van der Waals surface area (Å²) in [6.07, 6.45) is 0. The molecule has 0 aliphatic heterocycles. The second-order valence-corrected chi connectivity index (χ2v) is 0. The van der Waals surface area contributed by atoms with Crippen molar-refractivity contribution in [1.82, 2.24) is 0 Å². The van der Waals surface area contributed by atoms with Gasteiger partial charge in [0.1, 0.15) is 0 Å². The molecule has 0 spiro atoms. The molecule has 0 nitrogen and oxygen atoms in total. The smallest absolute Gasteiger partial charge is 0 e. The second kappa shape index (κ2) is 19.1. The largest absolute Gasteiger partial charge is 0 e. The summed E-state index contributed by atoms with van der Waals surface area (Å²) < 4.78 is 0. The summed E-state index contributed by atoms with van der Waals surface area (Å²) in [5.74, 6) is 0. The molecule has 4 radical (unpaired) electrons. The maximum Gasteiger partial charge on any atom is 0 e. The van der Waals surface area contributed by atoms with E-state index in [1.165, 1.54) is 0 Å². The third-order valence-electron chi connectivity index (χ3n) is 0. The first-order valence-corrected chi connectivity index (χ1v) is 2.60. The molecule has 0 aromatic heterocycles. The average molecular weight is 295 g/mol. The van der Waals surface area contributed by atoms with Gasteiger partial charge in [-0.15, -0.1) is 0 Å². The third-order valence-corrected chi connectivity index (χ3v) is 0. The molecule has 0 saturated heterocycles. The molecule has 0 N–H and O–H groups in total. The number of hydrogen-bond donors (Lipinski definition) is 0. The first kappa shape index (κ1) is 16.4. The Bertz CT molecular complexity index is 8.00. The minimum absolute atomic E-state index is 0. The van der Waals surface area contributed by atoms with E-state index < -0.39 is 0 Å². The van der Waals surface area contributed by atoms with Crippen LogP contribution in [0.4, 0.5) is 0 Å². The summed E-state index contributed by atoms with van der Waals surface area (Å²) in [5, 5.41) is 0. The molecule has 0 unspecified atom stereocenters. The molecule has 0 saturated carbocycles. The Labute approximate surface area is 67.5 Å². The van der Waals surface area contributed by atoms with E-state index in [0.29, 0.717) is 0 Å². The van der Waals surface area contributed by atoms with E-state index in [9.17, 15) is 0 Å². The van der Waals surface area contributed by atoms with Crippen molar-refractivity contribution in [3.8, 4) is 0 Å². The zero-order valence-electron chi connectivity index (χ0n) is 2.02. The van der Waals surface area contributed by atoms with Gasteiger partial charge in [0.2, 0.25) is 0 Å². The molecule has 0 rings (SSSR count). The molecule has 18 valence electrons. The van der Waals surface area contributed by atoms with Gasteiger partial charge in [0.15, 0.2) is 0 Å². The van der Waals surface area contributed by atoms with Crippen molar-refractivity contribution in [1.29, 1.82) is 0 Å². The van der Waals surface area contributed by atoms with Gasteiger partial charge >= 0.3 is 24.9 Å². The fourth-order valence-electron chi connectivity index (χ4n) is 0. The SMILES string of the molecule is S=[Se].[Sn].[Zn]. The van der Waals surface area contributed by atoms with Crippen molar-refractivity contribution in [2.45, 2.75) is 0 Å². The van der Waals surface area contributed by atoms with E-state index >= 15 is 0 Å². The van der Waals surface area contributed by atoms with E-state index in [1.54, 1.807) is 0 Å². The van der Waals surface area contributed by atoms with E-state index in [-0.39, 0.29) is 43.4 Å². The zero-order valence-corrected chi connectivity index (χ0v) is 10.4. The second-order valence-electron chi connectivity index (χ2n) is 0. The Kier molecular flexibility index (Phi) is 78.6. The average Bonchev–Trinajstić information content (AvgIpc) is 1.00. The maximum absolute atomic E-state index is 3.96. The quantitative estimate of drug-likeness (QED) is 0.562. The first-order chi connectivity index (χ1) is 1.00. The Balaban J connectivity index is -0.00000000500. The van der Waals surface area contributed by atoms with Crippen LogP contribution in [0.15, 0.2) is 0 Å². The summed E-state index contributed by atoms with van der Waals surface area (Å²) in [6.45, 7) is 0. The third kappa shape index (κ3) is 8.90. The topological polar surface area (TPSA) is 0 Å². The molecule has 0 bridgehead atoms. The van der Waals surface area contributed by atoms with Crippen LogP contribution in [-0.4, -0.2) is 38.3 Å². The molecule has 0 aromatic rings. The molecular weight excluding hydrogens is 295 g/mol. The van der Waals surface area contributed by atoms with Crippen molar-refractivity contribution in [2.75, 3.05) is 0 Å². The Morgan fingerprint density at radius 3 is 1.25 bits per heavy atom. The van der Waals surface area contributed by atoms with Crippen molar-refractivity contribution in [3.63, 3.8) is 0 Å². The first-order valence-electron chi connectivity index (χ1n) is 0.167. The predicted molar refractivity (Wildman–Crippen MR) is 19.1 cm³/mol. The van der Waals surface area contributed by atoms with Crippen LogP contribution in [0.1, 0.15) is 0 Å². The molecule has 4 heavy (non-hydrogen) atoms. The summed E-state index contributed by atoms with van der Waals surface area (Å²) in [4.78, 5) is 0.